The van der Waals surface area contributed by atoms with Gasteiger partial charge in [-0.3, -0.25) is 9.59 Å². The zero-order valence-corrected chi connectivity index (χ0v) is 15.5. The lowest BCUT2D eigenvalue weighted by molar-refractivity contribution is 0.0555. The van der Waals surface area contributed by atoms with Crippen LogP contribution in [0, 0.1) is 0 Å². The van der Waals surface area contributed by atoms with Crippen LogP contribution in [0.15, 0.2) is 41.7 Å². The van der Waals surface area contributed by atoms with Crippen molar-refractivity contribution < 1.29 is 14.3 Å². The highest BCUT2D eigenvalue weighted by atomic mass is 16.5. The molecule has 4 rings (SSSR count). The zero-order chi connectivity index (χ0) is 18.7. The molecule has 0 N–H and O–H groups in total. The summed E-state index contributed by atoms with van der Waals surface area (Å²) >= 11 is 0. The van der Waals surface area contributed by atoms with Gasteiger partial charge in [0.25, 0.3) is 11.8 Å². The van der Waals surface area contributed by atoms with E-state index in [2.05, 4.69) is 0 Å². The number of likely N-dealkylation sites (N-methyl/N-ethyl adjacent to an activating group) is 1. The van der Waals surface area contributed by atoms with Crippen molar-refractivity contribution in [1.82, 2.24) is 14.9 Å². The average molecular weight is 351 g/mol. The highest BCUT2D eigenvalue weighted by Gasteiger charge is 2.42. The summed E-state index contributed by atoms with van der Waals surface area (Å²) in [4.78, 5) is 27.9. The van der Waals surface area contributed by atoms with Gasteiger partial charge in [-0.05, 0) is 32.0 Å². The molecule has 0 aliphatic carbocycles. The predicted molar refractivity (Wildman–Crippen MR) is 98.7 cm³/mol. The minimum Gasteiger partial charge on any atom is -0.496 e. The molecule has 1 atom stereocenters. The van der Waals surface area contributed by atoms with E-state index < -0.39 is 0 Å². The summed E-state index contributed by atoms with van der Waals surface area (Å²) in [5, 5.41) is 5.42. The molecule has 0 aromatic heterocycles. The fourth-order valence-electron chi connectivity index (χ4n) is 3.96. The summed E-state index contributed by atoms with van der Waals surface area (Å²) < 4.78 is 5.41. The molecule has 6 nitrogen and oxygen atoms in total. The van der Waals surface area contributed by atoms with E-state index in [4.69, 9.17) is 4.74 Å². The average Bonchev–Trinajstić information content (AvgIpc) is 2.83. The SMILES string of the molecule is COc1ccc2c3c(cccc13)C(=O)N(C1=C(C)N(C)N(C)C1C)C2=O. The van der Waals surface area contributed by atoms with Gasteiger partial charge in [0, 0.05) is 41.7 Å². The van der Waals surface area contributed by atoms with Crippen LogP contribution in [-0.2, 0) is 0 Å². The summed E-state index contributed by atoms with van der Waals surface area (Å²) in [6, 6.07) is 8.93. The monoisotopic (exact) mass is 351 g/mol. The summed E-state index contributed by atoms with van der Waals surface area (Å²) in [6.45, 7) is 3.92. The first-order valence-corrected chi connectivity index (χ1v) is 8.54. The zero-order valence-electron chi connectivity index (χ0n) is 15.5. The number of hydrogen-bond donors (Lipinski definition) is 0. The molecule has 0 fully saturated rings. The molecule has 26 heavy (non-hydrogen) atoms. The minimum absolute atomic E-state index is 0.0769. The molecule has 2 heterocycles. The molecule has 2 amide bonds. The Morgan fingerprint density at radius 1 is 1.00 bits per heavy atom. The smallest absolute Gasteiger partial charge is 0.265 e. The molecular weight excluding hydrogens is 330 g/mol. The van der Waals surface area contributed by atoms with Crippen LogP contribution in [0.2, 0.25) is 0 Å². The molecular formula is C20H21N3O3. The number of hydrogen-bond acceptors (Lipinski definition) is 5. The number of hydrazine groups is 1. The quantitative estimate of drug-likeness (QED) is 0.779. The molecule has 134 valence electrons. The van der Waals surface area contributed by atoms with Crippen LogP contribution in [0.5, 0.6) is 5.75 Å². The van der Waals surface area contributed by atoms with Gasteiger partial charge in [-0.15, -0.1) is 0 Å². The number of ether oxygens (including phenoxy) is 1. The lowest BCUT2D eigenvalue weighted by Gasteiger charge is -2.31. The maximum atomic E-state index is 13.3. The molecule has 6 heteroatoms. The van der Waals surface area contributed by atoms with Crippen LogP contribution >= 0.6 is 0 Å². The van der Waals surface area contributed by atoms with Crippen molar-refractivity contribution in [3.05, 3.63) is 52.9 Å². The molecule has 0 bridgehead atoms. The number of methoxy groups -OCH3 is 1. The highest BCUT2D eigenvalue weighted by molar-refractivity contribution is 6.27. The van der Waals surface area contributed by atoms with Gasteiger partial charge < -0.3 is 9.75 Å². The van der Waals surface area contributed by atoms with E-state index in [1.807, 2.05) is 50.1 Å². The van der Waals surface area contributed by atoms with Gasteiger partial charge in [0.2, 0.25) is 0 Å². The van der Waals surface area contributed by atoms with Crippen LogP contribution in [0.3, 0.4) is 0 Å². The van der Waals surface area contributed by atoms with Gasteiger partial charge in [0.1, 0.15) is 5.75 Å². The summed E-state index contributed by atoms with van der Waals surface area (Å²) in [7, 11) is 5.46. The van der Waals surface area contributed by atoms with Gasteiger partial charge in [-0.1, -0.05) is 12.1 Å². The van der Waals surface area contributed by atoms with Crippen molar-refractivity contribution in [3.8, 4) is 5.75 Å². The van der Waals surface area contributed by atoms with Crippen molar-refractivity contribution in [2.75, 3.05) is 21.2 Å². The maximum absolute atomic E-state index is 13.3. The van der Waals surface area contributed by atoms with E-state index in [1.165, 1.54) is 4.90 Å². The largest absolute Gasteiger partial charge is 0.496 e. The Morgan fingerprint density at radius 2 is 1.65 bits per heavy atom. The third-order valence-electron chi connectivity index (χ3n) is 5.61. The molecule has 2 aliphatic rings. The lowest BCUT2D eigenvalue weighted by atomic mass is 9.92. The number of nitrogens with zero attached hydrogens (tertiary/aromatic N) is 3. The molecule has 2 aromatic carbocycles. The van der Waals surface area contributed by atoms with Crippen molar-refractivity contribution in [2.24, 2.45) is 0 Å². The molecule has 1 unspecified atom stereocenters. The van der Waals surface area contributed by atoms with Crippen LogP contribution in [0.25, 0.3) is 10.8 Å². The first kappa shape index (κ1) is 16.6. The molecule has 2 aliphatic heterocycles. The van der Waals surface area contributed by atoms with Crippen molar-refractivity contribution in [2.45, 2.75) is 19.9 Å². The van der Waals surface area contributed by atoms with Crippen molar-refractivity contribution in [1.29, 1.82) is 0 Å². The summed E-state index contributed by atoms with van der Waals surface area (Å²) in [5.41, 5.74) is 2.68. The van der Waals surface area contributed by atoms with Gasteiger partial charge in [0.05, 0.1) is 18.8 Å². The molecule has 0 saturated carbocycles. The Hall–Kier alpha value is -2.86. The van der Waals surface area contributed by atoms with Gasteiger partial charge in [0.15, 0.2) is 0 Å². The number of carbonyl (C=O) groups is 2. The van der Waals surface area contributed by atoms with E-state index in [1.54, 1.807) is 25.3 Å². The van der Waals surface area contributed by atoms with Crippen LogP contribution < -0.4 is 4.74 Å². The van der Waals surface area contributed by atoms with Crippen LogP contribution in [0.1, 0.15) is 34.6 Å². The Labute approximate surface area is 152 Å². The minimum atomic E-state index is -0.286. The molecule has 0 spiro atoms. The number of carbonyl (C=O) groups excluding carboxylic acids is 2. The third-order valence-corrected chi connectivity index (χ3v) is 5.61. The fourth-order valence-corrected chi connectivity index (χ4v) is 3.96. The predicted octanol–water partition coefficient (Wildman–Crippen LogP) is 2.86. The number of imide groups is 1. The Bertz CT molecular complexity index is 973. The summed E-state index contributed by atoms with van der Waals surface area (Å²) in [6.07, 6.45) is 0. The third kappa shape index (κ3) is 1.96. The van der Waals surface area contributed by atoms with E-state index >= 15 is 0 Å². The van der Waals surface area contributed by atoms with E-state index in [0.717, 1.165) is 16.8 Å². The second kappa shape index (κ2) is 5.57. The Balaban J connectivity index is 1.96. The second-order valence-corrected chi connectivity index (χ2v) is 6.73. The fraction of sp³-hybridized carbons (Fsp3) is 0.300. The van der Waals surface area contributed by atoms with Gasteiger partial charge in [-0.2, -0.15) is 0 Å². The van der Waals surface area contributed by atoms with Crippen LogP contribution in [0.4, 0.5) is 0 Å². The van der Waals surface area contributed by atoms with Crippen molar-refractivity contribution >= 4 is 22.6 Å². The van der Waals surface area contributed by atoms with Gasteiger partial charge in [-0.25, -0.2) is 9.91 Å². The number of benzene rings is 2. The lowest BCUT2D eigenvalue weighted by Crippen LogP contribution is -2.44. The first-order valence-electron chi connectivity index (χ1n) is 8.54. The normalized spacial score (nSPS) is 20.6. The van der Waals surface area contributed by atoms with E-state index in [-0.39, 0.29) is 17.9 Å². The number of allylic oxidation sites excluding steroid dienone is 1. The van der Waals surface area contributed by atoms with E-state index in [9.17, 15) is 9.59 Å². The van der Waals surface area contributed by atoms with Crippen LogP contribution in [-0.4, -0.2) is 54.0 Å². The Morgan fingerprint density at radius 3 is 2.23 bits per heavy atom. The number of amides is 2. The van der Waals surface area contributed by atoms with Gasteiger partial charge >= 0.3 is 0 Å². The molecule has 2 aromatic rings. The van der Waals surface area contributed by atoms with E-state index in [0.29, 0.717) is 22.3 Å². The summed E-state index contributed by atoms with van der Waals surface area (Å²) in [5.74, 6) is 0.0845. The number of rotatable bonds is 2. The molecule has 0 saturated heterocycles. The second-order valence-electron chi connectivity index (χ2n) is 6.73. The standard InChI is InChI=1S/C20H21N3O3/c1-11-18(12(2)22(4)21(11)3)23-19(24)14-8-6-7-13-16(26-5)10-9-15(17(13)14)20(23)25/h6-11H,1-5H3. The Kier molecular flexibility index (Phi) is 3.56. The topological polar surface area (TPSA) is 53.1 Å². The highest BCUT2D eigenvalue weighted by Crippen LogP contribution is 2.39. The van der Waals surface area contributed by atoms with Crippen molar-refractivity contribution in [3.63, 3.8) is 0 Å². The maximum Gasteiger partial charge on any atom is 0.265 e. The molecule has 0 radical (unpaired) electrons. The first-order chi connectivity index (χ1) is 12.4.